The van der Waals surface area contributed by atoms with Crippen molar-refractivity contribution in [3.05, 3.63) is 51.7 Å². The number of hydrogen-bond donors (Lipinski definition) is 1. The van der Waals surface area contributed by atoms with Crippen LogP contribution in [-0.4, -0.2) is 13.1 Å². The third kappa shape index (κ3) is 4.09. The van der Waals surface area contributed by atoms with Crippen LogP contribution < -0.4 is 10.2 Å². The van der Waals surface area contributed by atoms with Crippen LogP contribution in [0, 0.1) is 6.92 Å². The van der Waals surface area contributed by atoms with Crippen molar-refractivity contribution in [2.24, 2.45) is 0 Å². The highest BCUT2D eigenvalue weighted by atomic mass is 32.1. The molecular formula is C17H24N2S. The second-order valence-corrected chi connectivity index (χ2v) is 6.80. The Morgan fingerprint density at radius 2 is 1.80 bits per heavy atom. The van der Waals surface area contributed by atoms with Gasteiger partial charge in [-0.05, 0) is 30.7 Å². The van der Waals surface area contributed by atoms with E-state index in [9.17, 15) is 0 Å². The lowest BCUT2D eigenvalue weighted by Gasteiger charge is -2.20. The molecular weight excluding hydrogens is 264 g/mol. The Labute approximate surface area is 126 Å². The Morgan fingerprint density at radius 1 is 1.10 bits per heavy atom. The van der Waals surface area contributed by atoms with E-state index in [-0.39, 0.29) is 0 Å². The quantitative estimate of drug-likeness (QED) is 0.857. The van der Waals surface area contributed by atoms with E-state index in [1.165, 1.54) is 21.0 Å². The number of hydrogen-bond acceptors (Lipinski definition) is 3. The standard InChI is InChI=1S/C17H24N2S/c1-13(2)18-11-15-9-10-16(20-15)12-19(4)17-8-6-5-7-14(17)3/h5-10,13,18H,11-12H2,1-4H3. The van der Waals surface area contributed by atoms with Crippen molar-refractivity contribution in [1.29, 1.82) is 0 Å². The summed E-state index contributed by atoms with van der Waals surface area (Å²) >= 11 is 1.90. The van der Waals surface area contributed by atoms with Crippen LogP contribution in [0.15, 0.2) is 36.4 Å². The van der Waals surface area contributed by atoms with Crippen molar-refractivity contribution in [1.82, 2.24) is 5.32 Å². The molecule has 0 amide bonds. The van der Waals surface area contributed by atoms with Crippen LogP contribution in [0.5, 0.6) is 0 Å². The number of thiophene rings is 1. The summed E-state index contributed by atoms with van der Waals surface area (Å²) in [6, 6.07) is 13.6. The fourth-order valence-electron chi connectivity index (χ4n) is 2.22. The third-order valence-corrected chi connectivity index (χ3v) is 4.39. The molecule has 0 saturated heterocycles. The fraction of sp³-hybridized carbons (Fsp3) is 0.412. The third-order valence-electron chi connectivity index (χ3n) is 3.32. The summed E-state index contributed by atoms with van der Waals surface area (Å²) in [5.74, 6) is 0. The lowest BCUT2D eigenvalue weighted by Crippen LogP contribution is -2.21. The lowest BCUT2D eigenvalue weighted by atomic mass is 10.2. The second-order valence-electron chi connectivity index (χ2n) is 5.55. The topological polar surface area (TPSA) is 15.3 Å². The molecule has 0 atom stereocenters. The van der Waals surface area contributed by atoms with E-state index in [1.54, 1.807) is 0 Å². The van der Waals surface area contributed by atoms with Crippen LogP contribution in [0.2, 0.25) is 0 Å². The Balaban J connectivity index is 1.98. The summed E-state index contributed by atoms with van der Waals surface area (Å²) in [6.07, 6.45) is 0. The number of nitrogens with one attached hydrogen (secondary N) is 1. The second kappa shape index (κ2) is 6.91. The maximum absolute atomic E-state index is 3.47. The highest BCUT2D eigenvalue weighted by Gasteiger charge is 2.07. The molecule has 1 heterocycles. The van der Waals surface area contributed by atoms with E-state index in [2.05, 4.69) is 74.4 Å². The highest BCUT2D eigenvalue weighted by Crippen LogP contribution is 2.23. The van der Waals surface area contributed by atoms with Gasteiger partial charge < -0.3 is 10.2 Å². The van der Waals surface area contributed by atoms with E-state index >= 15 is 0 Å². The van der Waals surface area contributed by atoms with Crippen LogP contribution in [0.25, 0.3) is 0 Å². The number of nitrogens with zero attached hydrogens (tertiary/aromatic N) is 1. The molecule has 108 valence electrons. The van der Waals surface area contributed by atoms with Crippen molar-refractivity contribution < 1.29 is 0 Å². The van der Waals surface area contributed by atoms with E-state index in [4.69, 9.17) is 0 Å². The normalized spacial score (nSPS) is 11.1. The van der Waals surface area contributed by atoms with Crippen LogP contribution in [0.3, 0.4) is 0 Å². The van der Waals surface area contributed by atoms with Crippen molar-refractivity contribution in [3.8, 4) is 0 Å². The maximum Gasteiger partial charge on any atom is 0.0519 e. The molecule has 3 heteroatoms. The molecule has 1 aromatic heterocycles. The van der Waals surface area contributed by atoms with E-state index in [1.807, 2.05) is 11.3 Å². The number of anilines is 1. The summed E-state index contributed by atoms with van der Waals surface area (Å²) in [6.45, 7) is 8.47. The van der Waals surface area contributed by atoms with Crippen LogP contribution in [0.4, 0.5) is 5.69 Å². The molecule has 20 heavy (non-hydrogen) atoms. The summed E-state index contributed by atoms with van der Waals surface area (Å²) in [5.41, 5.74) is 2.64. The zero-order chi connectivity index (χ0) is 14.5. The predicted octanol–water partition coefficient (Wildman–Crippen LogP) is 4.19. The molecule has 2 rings (SSSR count). The molecule has 0 spiro atoms. The molecule has 0 saturated carbocycles. The van der Waals surface area contributed by atoms with Crippen molar-refractivity contribution in [3.63, 3.8) is 0 Å². The van der Waals surface area contributed by atoms with Gasteiger partial charge in [-0.1, -0.05) is 32.0 Å². The Hall–Kier alpha value is -1.32. The predicted molar refractivity (Wildman–Crippen MR) is 89.6 cm³/mol. The highest BCUT2D eigenvalue weighted by molar-refractivity contribution is 7.12. The number of aryl methyl sites for hydroxylation is 1. The Bertz CT molecular complexity index is 545. The fourth-order valence-corrected chi connectivity index (χ4v) is 3.24. The molecule has 0 aliphatic heterocycles. The number of benzene rings is 1. The molecule has 0 aliphatic carbocycles. The minimum Gasteiger partial charge on any atom is -0.369 e. The minimum absolute atomic E-state index is 0.537. The summed E-state index contributed by atoms with van der Waals surface area (Å²) < 4.78 is 0. The van der Waals surface area contributed by atoms with Gasteiger partial charge in [0.25, 0.3) is 0 Å². The van der Waals surface area contributed by atoms with Crippen LogP contribution >= 0.6 is 11.3 Å². The Morgan fingerprint density at radius 3 is 2.50 bits per heavy atom. The van der Waals surface area contributed by atoms with Gasteiger partial charge in [0.15, 0.2) is 0 Å². The van der Waals surface area contributed by atoms with E-state index in [0.29, 0.717) is 6.04 Å². The van der Waals surface area contributed by atoms with Gasteiger partial charge in [-0.15, -0.1) is 11.3 Å². The van der Waals surface area contributed by atoms with Gasteiger partial charge in [0.2, 0.25) is 0 Å². The first-order valence-corrected chi connectivity index (χ1v) is 7.95. The van der Waals surface area contributed by atoms with Gasteiger partial charge >= 0.3 is 0 Å². The lowest BCUT2D eigenvalue weighted by molar-refractivity contribution is 0.593. The van der Waals surface area contributed by atoms with Crippen LogP contribution in [0.1, 0.15) is 29.2 Å². The van der Waals surface area contributed by atoms with Crippen molar-refractivity contribution in [2.75, 3.05) is 11.9 Å². The molecule has 2 nitrogen and oxygen atoms in total. The molecule has 0 bridgehead atoms. The van der Waals surface area contributed by atoms with E-state index in [0.717, 1.165) is 13.1 Å². The zero-order valence-corrected chi connectivity index (χ0v) is 13.6. The number of rotatable bonds is 6. The molecule has 0 aliphatic rings. The summed E-state index contributed by atoms with van der Waals surface area (Å²) in [7, 11) is 2.16. The monoisotopic (exact) mass is 288 g/mol. The molecule has 0 unspecified atom stereocenters. The van der Waals surface area contributed by atoms with Gasteiger partial charge in [-0.3, -0.25) is 0 Å². The van der Waals surface area contributed by atoms with Gasteiger partial charge in [-0.2, -0.15) is 0 Å². The smallest absolute Gasteiger partial charge is 0.0519 e. The zero-order valence-electron chi connectivity index (χ0n) is 12.8. The number of para-hydroxylation sites is 1. The Kier molecular flexibility index (Phi) is 5.21. The first-order valence-electron chi connectivity index (χ1n) is 7.14. The molecule has 0 radical (unpaired) electrons. The van der Waals surface area contributed by atoms with Gasteiger partial charge in [0.1, 0.15) is 0 Å². The molecule has 2 aromatic rings. The van der Waals surface area contributed by atoms with Crippen molar-refractivity contribution >= 4 is 17.0 Å². The molecule has 1 aromatic carbocycles. The van der Waals surface area contributed by atoms with Gasteiger partial charge in [0.05, 0.1) is 6.54 Å². The van der Waals surface area contributed by atoms with Crippen molar-refractivity contribution in [2.45, 2.75) is 39.9 Å². The van der Waals surface area contributed by atoms with Crippen LogP contribution in [-0.2, 0) is 13.1 Å². The average molecular weight is 288 g/mol. The first-order chi connectivity index (χ1) is 9.56. The molecule has 1 N–H and O–H groups in total. The first kappa shape index (κ1) is 15.1. The summed E-state index contributed by atoms with van der Waals surface area (Å²) in [4.78, 5) is 5.14. The average Bonchev–Trinajstić information content (AvgIpc) is 2.84. The van der Waals surface area contributed by atoms with Gasteiger partial charge in [-0.25, -0.2) is 0 Å². The molecule has 0 fully saturated rings. The summed E-state index contributed by atoms with van der Waals surface area (Å²) in [5, 5.41) is 3.47. The maximum atomic E-state index is 3.47. The van der Waals surface area contributed by atoms with E-state index < -0.39 is 0 Å². The van der Waals surface area contributed by atoms with Gasteiger partial charge in [0, 0.05) is 35.1 Å². The largest absolute Gasteiger partial charge is 0.369 e. The SMILES string of the molecule is Cc1ccccc1N(C)Cc1ccc(CNC(C)C)s1. The minimum atomic E-state index is 0.537.